The van der Waals surface area contributed by atoms with Crippen molar-refractivity contribution in [3.8, 4) is 0 Å². The molecule has 21 heavy (non-hydrogen) atoms. The number of nitrogens with one attached hydrogen (secondary N) is 2. The van der Waals surface area contributed by atoms with Crippen LogP contribution >= 0.6 is 0 Å². The molecule has 2 bridgehead atoms. The molecule has 3 atom stereocenters. The molecular formula is C15H22N2O3S. The molecule has 2 fully saturated rings. The molecule has 116 valence electrons. The first-order valence-corrected chi connectivity index (χ1v) is 9.09. The molecule has 2 aliphatic heterocycles. The van der Waals surface area contributed by atoms with E-state index in [0.29, 0.717) is 0 Å². The SMILES string of the molecule is CNCc1cccc(CS(=O)(=O)NC2CC3CCC2O3)c1. The second-order valence-electron chi connectivity index (χ2n) is 5.94. The van der Waals surface area contributed by atoms with Crippen molar-refractivity contribution in [2.45, 2.75) is 49.8 Å². The first-order valence-electron chi connectivity index (χ1n) is 7.43. The van der Waals surface area contributed by atoms with Gasteiger partial charge in [0.15, 0.2) is 0 Å². The summed E-state index contributed by atoms with van der Waals surface area (Å²) in [4.78, 5) is 0. The van der Waals surface area contributed by atoms with Crippen LogP contribution in [0.2, 0.25) is 0 Å². The molecule has 0 spiro atoms. The van der Waals surface area contributed by atoms with Crippen LogP contribution in [-0.4, -0.2) is 33.7 Å². The van der Waals surface area contributed by atoms with Crippen LogP contribution in [0.5, 0.6) is 0 Å². The van der Waals surface area contributed by atoms with Crippen molar-refractivity contribution in [2.75, 3.05) is 7.05 Å². The lowest BCUT2D eigenvalue weighted by Gasteiger charge is -2.20. The maximum Gasteiger partial charge on any atom is 0.216 e. The lowest BCUT2D eigenvalue weighted by Crippen LogP contribution is -2.41. The van der Waals surface area contributed by atoms with Crippen molar-refractivity contribution in [3.05, 3.63) is 35.4 Å². The predicted molar refractivity (Wildman–Crippen MR) is 81.3 cm³/mol. The smallest absolute Gasteiger partial charge is 0.216 e. The minimum atomic E-state index is -3.32. The van der Waals surface area contributed by atoms with E-state index < -0.39 is 10.0 Å². The molecule has 2 N–H and O–H groups in total. The summed E-state index contributed by atoms with van der Waals surface area (Å²) in [6.07, 6.45) is 3.16. The Kier molecular flexibility index (Phi) is 4.31. The predicted octanol–water partition coefficient (Wildman–Crippen LogP) is 1.15. The maximum absolute atomic E-state index is 12.3. The molecule has 0 aliphatic carbocycles. The second-order valence-corrected chi connectivity index (χ2v) is 7.70. The molecule has 0 aromatic heterocycles. The van der Waals surface area contributed by atoms with E-state index in [9.17, 15) is 8.42 Å². The molecule has 3 rings (SSSR count). The van der Waals surface area contributed by atoms with Gasteiger partial charge in [0.1, 0.15) is 0 Å². The summed E-state index contributed by atoms with van der Waals surface area (Å²) >= 11 is 0. The fourth-order valence-corrected chi connectivity index (χ4v) is 4.70. The van der Waals surface area contributed by atoms with E-state index >= 15 is 0 Å². The molecule has 5 nitrogen and oxygen atoms in total. The molecule has 0 radical (unpaired) electrons. The third kappa shape index (κ3) is 3.63. The van der Waals surface area contributed by atoms with Crippen molar-refractivity contribution >= 4 is 10.0 Å². The van der Waals surface area contributed by atoms with Gasteiger partial charge >= 0.3 is 0 Å². The van der Waals surface area contributed by atoms with Crippen LogP contribution in [0.25, 0.3) is 0 Å². The molecule has 6 heteroatoms. The van der Waals surface area contributed by atoms with Gasteiger partial charge in [-0.2, -0.15) is 0 Å². The van der Waals surface area contributed by atoms with Gasteiger partial charge in [-0.3, -0.25) is 0 Å². The number of fused-ring (bicyclic) bond motifs is 2. The summed E-state index contributed by atoms with van der Waals surface area (Å²) in [6, 6.07) is 7.64. The minimum absolute atomic E-state index is 0.0262. The van der Waals surface area contributed by atoms with E-state index in [1.165, 1.54) is 0 Å². The third-order valence-corrected chi connectivity index (χ3v) is 5.54. The standard InChI is InChI=1S/C15H22N2O3S/c1-16-9-11-3-2-4-12(7-11)10-21(18,19)17-14-8-13-5-6-15(14)20-13/h2-4,7,13-17H,5-6,8-10H2,1H3. The Morgan fingerprint density at radius 1 is 1.29 bits per heavy atom. The number of hydrogen-bond acceptors (Lipinski definition) is 4. The van der Waals surface area contributed by atoms with Crippen molar-refractivity contribution in [1.29, 1.82) is 0 Å². The topological polar surface area (TPSA) is 67.4 Å². The van der Waals surface area contributed by atoms with Gasteiger partial charge < -0.3 is 10.1 Å². The Morgan fingerprint density at radius 3 is 2.76 bits per heavy atom. The van der Waals surface area contributed by atoms with Gasteiger partial charge in [0, 0.05) is 6.54 Å². The first kappa shape index (κ1) is 15.0. The lowest BCUT2D eigenvalue weighted by molar-refractivity contribution is 0.0996. The number of hydrogen-bond donors (Lipinski definition) is 2. The summed E-state index contributed by atoms with van der Waals surface area (Å²) in [7, 11) is -1.45. The van der Waals surface area contributed by atoms with E-state index in [1.54, 1.807) is 0 Å². The summed E-state index contributed by atoms with van der Waals surface area (Å²) < 4.78 is 33.2. The zero-order valence-electron chi connectivity index (χ0n) is 12.2. The van der Waals surface area contributed by atoms with Crippen molar-refractivity contribution < 1.29 is 13.2 Å². The number of benzene rings is 1. The van der Waals surface area contributed by atoms with Crippen LogP contribution in [0.3, 0.4) is 0 Å². The normalized spacial score (nSPS) is 28.1. The molecule has 0 saturated carbocycles. The van der Waals surface area contributed by atoms with Gasteiger partial charge in [0.05, 0.1) is 24.0 Å². The molecule has 1 aromatic rings. The van der Waals surface area contributed by atoms with E-state index in [1.807, 2.05) is 31.3 Å². The average molecular weight is 310 g/mol. The van der Waals surface area contributed by atoms with Crippen molar-refractivity contribution in [1.82, 2.24) is 10.0 Å². The van der Waals surface area contributed by atoms with Gasteiger partial charge in [-0.15, -0.1) is 0 Å². The summed E-state index contributed by atoms with van der Waals surface area (Å²) in [5, 5.41) is 3.07. The second kappa shape index (κ2) is 6.04. The maximum atomic E-state index is 12.3. The molecule has 2 saturated heterocycles. The Labute approximate surface area is 126 Å². The van der Waals surface area contributed by atoms with E-state index in [2.05, 4.69) is 10.0 Å². The third-order valence-electron chi connectivity index (χ3n) is 4.17. The molecule has 1 aromatic carbocycles. The molecule has 0 amide bonds. The van der Waals surface area contributed by atoms with Crippen LogP contribution in [-0.2, 0) is 27.1 Å². The fourth-order valence-electron chi connectivity index (χ4n) is 3.29. The lowest BCUT2D eigenvalue weighted by atomic mass is 9.96. The monoisotopic (exact) mass is 310 g/mol. The summed E-state index contributed by atoms with van der Waals surface area (Å²) in [5.41, 5.74) is 1.91. The van der Waals surface area contributed by atoms with E-state index in [0.717, 1.165) is 36.9 Å². The summed E-state index contributed by atoms with van der Waals surface area (Å²) in [6.45, 7) is 0.738. The van der Waals surface area contributed by atoms with Gasteiger partial charge in [-0.1, -0.05) is 24.3 Å². The van der Waals surface area contributed by atoms with Gasteiger partial charge in [-0.05, 0) is 37.4 Å². The molecule has 3 unspecified atom stereocenters. The number of ether oxygens (including phenoxy) is 1. The van der Waals surface area contributed by atoms with Crippen LogP contribution in [0.1, 0.15) is 30.4 Å². The Hall–Kier alpha value is -0.950. The van der Waals surface area contributed by atoms with Crippen molar-refractivity contribution in [3.63, 3.8) is 0 Å². The van der Waals surface area contributed by atoms with Gasteiger partial charge in [-0.25, -0.2) is 13.1 Å². The highest BCUT2D eigenvalue weighted by atomic mass is 32.2. The number of sulfonamides is 1. The minimum Gasteiger partial charge on any atom is -0.373 e. The zero-order chi connectivity index (χ0) is 14.9. The van der Waals surface area contributed by atoms with Crippen LogP contribution in [0.15, 0.2) is 24.3 Å². The largest absolute Gasteiger partial charge is 0.373 e. The highest BCUT2D eigenvalue weighted by Crippen LogP contribution is 2.34. The Morgan fingerprint density at radius 2 is 2.10 bits per heavy atom. The van der Waals surface area contributed by atoms with Crippen molar-refractivity contribution in [2.24, 2.45) is 0 Å². The molecular weight excluding hydrogens is 288 g/mol. The molecule has 2 aliphatic rings. The van der Waals surface area contributed by atoms with E-state index in [-0.39, 0.29) is 24.0 Å². The zero-order valence-corrected chi connectivity index (χ0v) is 13.0. The van der Waals surface area contributed by atoms with Gasteiger partial charge in [0.2, 0.25) is 10.0 Å². The number of rotatable bonds is 6. The first-order chi connectivity index (χ1) is 10.1. The van der Waals surface area contributed by atoms with Crippen LogP contribution < -0.4 is 10.0 Å². The quantitative estimate of drug-likeness (QED) is 0.827. The van der Waals surface area contributed by atoms with Crippen LogP contribution in [0, 0.1) is 0 Å². The molecule has 2 heterocycles. The Balaban J connectivity index is 1.64. The van der Waals surface area contributed by atoms with E-state index in [4.69, 9.17) is 4.74 Å². The van der Waals surface area contributed by atoms with Gasteiger partial charge in [0.25, 0.3) is 0 Å². The fraction of sp³-hybridized carbons (Fsp3) is 0.600. The van der Waals surface area contributed by atoms with Crippen LogP contribution in [0.4, 0.5) is 0 Å². The highest BCUT2D eigenvalue weighted by molar-refractivity contribution is 7.88. The average Bonchev–Trinajstić information content (AvgIpc) is 3.00. The Bertz CT molecular complexity index is 603. The highest BCUT2D eigenvalue weighted by Gasteiger charge is 2.42. The summed E-state index contributed by atoms with van der Waals surface area (Å²) in [5.74, 6) is 0.0262.